The SMILES string of the molecule is C[C@@H]1CCCN1C(=O)/C=C/C=C/c1ccc2c(c1)OCO2. The number of carbonyl (C=O) groups excluding carboxylic acids is 1. The van der Waals surface area contributed by atoms with Crippen LogP contribution in [0.5, 0.6) is 11.5 Å². The maximum Gasteiger partial charge on any atom is 0.246 e. The summed E-state index contributed by atoms with van der Waals surface area (Å²) in [4.78, 5) is 13.9. The molecule has 1 amide bonds. The molecule has 0 saturated carbocycles. The molecule has 2 aliphatic rings. The molecule has 1 saturated heterocycles. The van der Waals surface area contributed by atoms with Crippen LogP contribution < -0.4 is 9.47 Å². The summed E-state index contributed by atoms with van der Waals surface area (Å²) < 4.78 is 10.6. The zero-order valence-electron chi connectivity index (χ0n) is 12.1. The number of allylic oxidation sites excluding steroid dienone is 2. The van der Waals surface area contributed by atoms with E-state index in [4.69, 9.17) is 9.47 Å². The first-order chi connectivity index (χ1) is 10.2. The van der Waals surface area contributed by atoms with Crippen LogP contribution in [0.3, 0.4) is 0 Å². The predicted octanol–water partition coefficient (Wildman–Crippen LogP) is 3.00. The number of fused-ring (bicyclic) bond motifs is 1. The second kappa shape index (κ2) is 6.04. The summed E-state index contributed by atoms with van der Waals surface area (Å²) in [6, 6.07) is 6.14. The van der Waals surface area contributed by atoms with E-state index in [-0.39, 0.29) is 12.7 Å². The van der Waals surface area contributed by atoms with Crippen molar-refractivity contribution in [1.29, 1.82) is 0 Å². The summed E-state index contributed by atoms with van der Waals surface area (Å²) in [5, 5.41) is 0. The standard InChI is InChI=1S/C17H19NO3/c1-13-5-4-10-18(13)17(19)7-3-2-6-14-8-9-15-16(11-14)21-12-20-15/h2-3,6-9,11,13H,4-5,10,12H2,1H3/b6-2+,7-3+/t13-/m1/s1. The van der Waals surface area contributed by atoms with Crippen molar-refractivity contribution in [3.63, 3.8) is 0 Å². The van der Waals surface area contributed by atoms with Gasteiger partial charge in [0.25, 0.3) is 0 Å². The van der Waals surface area contributed by atoms with Gasteiger partial charge < -0.3 is 14.4 Å². The average Bonchev–Trinajstić information content (AvgIpc) is 3.11. The van der Waals surface area contributed by atoms with Crippen LogP contribution in [0.1, 0.15) is 25.3 Å². The van der Waals surface area contributed by atoms with Gasteiger partial charge in [0.05, 0.1) is 0 Å². The van der Waals surface area contributed by atoms with Crippen LogP contribution in [0.25, 0.3) is 6.08 Å². The van der Waals surface area contributed by atoms with Crippen LogP contribution in [0.2, 0.25) is 0 Å². The summed E-state index contributed by atoms with van der Waals surface area (Å²) in [6.45, 7) is 3.25. The van der Waals surface area contributed by atoms with Gasteiger partial charge in [-0.3, -0.25) is 4.79 Å². The monoisotopic (exact) mass is 285 g/mol. The van der Waals surface area contributed by atoms with Gasteiger partial charge in [-0.25, -0.2) is 0 Å². The first-order valence-electron chi connectivity index (χ1n) is 7.29. The third kappa shape index (κ3) is 3.10. The summed E-state index contributed by atoms with van der Waals surface area (Å²) in [5.74, 6) is 1.64. The van der Waals surface area contributed by atoms with Crippen LogP contribution in [0, 0.1) is 0 Å². The zero-order valence-corrected chi connectivity index (χ0v) is 12.1. The Kier molecular flexibility index (Phi) is 3.95. The molecule has 110 valence electrons. The molecule has 0 N–H and O–H groups in total. The zero-order chi connectivity index (χ0) is 14.7. The van der Waals surface area contributed by atoms with Crippen molar-refractivity contribution in [2.75, 3.05) is 13.3 Å². The molecule has 0 spiro atoms. The van der Waals surface area contributed by atoms with Crippen LogP contribution in [0.15, 0.2) is 36.4 Å². The number of ether oxygens (including phenoxy) is 2. The van der Waals surface area contributed by atoms with E-state index < -0.39 is 0 Å². The molecule has 0 aromatic heterocycles. The number of nitrogens with zero attached hydrogens (tertiary/aromatic N) is 1. The second-order valence-electron chi connectivity index (χ2n) is 5.35. The number of rotatable bonds is 3. The number of hydrogen-bond acceptors (Lipinski definition) is 3. The van der Waals surface area contributed by atoms with E-state index in [1.54, 1.807) is 12.2 Å². The fourth-order valence-electron chi connectivity index (χ4n) is 2.68. The molecule has 1 fully saturated rings. The van der Waals surface area contributed by atoms with Gasteiger partial charge in [0.1, 0.15) is 0 Å². The van der Waals surface area contributed by atoms with Gasteiger partial charge in [0.2, 0.25) is 12.7 Å². The van der Waals surface area contributed by atoms with Crippen molar-refractivity contribution in [3.05, 3.63) is 42.0 Å². The number of carbonyl (C=O) groups is 1. The van der Waals surface area contributed by atoms with Gasteiger partial charge in [-0.15, -0.1) is 0 Å². The molecule has 2 aliphatic heterocycles. The van der Waals surface area contributed by atoms with Crippen molar-refractivity contribution in [1.82, 2.24) is 4.90 Å². The lowest BCUT2D eigenvalue weighted by molar-refractivity contribution is -0.126. The molecule has 2 heterocycles. The largest absolute Gasteiger partial charge is 0.454 e. The molecule has 0 aliphatic carbocycles. The highest BCUT2D eigenvalue weighted by Gasteiger charge is 2.22. The Morgan fingerprint density at radius 2 is 2.14 bits per heavy atom. The van der Waals surface area contributed by atoms with Crippen molar-refractivity contribution >= 4 is 12.0 Å². The lowest BCUT2D eigenvalue weighted by Crippen LogP contribution is -2.32. The van der Waals surface area contributed by atoms with E-state index in [0.717, 1.165) is 36.4 Å². The summed E-state index contributed by atoms with van der Waals surface area (Å²) >= 11 is 0. The third-order valence-corrected chi connectivity index (χ3v) is 3.87. The Hall–Kier alpha value is -2.23. The van der Waals surface area contributed by atoms with E-state index in [9.17, 15) is 4.79 Å². The number of likely N-dealkylation sites (tertiary alicyclic amines) is 1. The minimum absolute atomic E-state index is 0.0929. The fraction of sp³-hybridized carbons (Fsp3) is 0.353. The van der Waals surface area contributed by atoms with Crippen LogP contribution >= 0.6 is 0 Å². The highest BCUT2D eigenvalue weighted by atomic mass is 16.7. The highest BCUT2D eigenvalue weighted by molar-refractivity contribution is 5.88. The molecular weight excluding hydrogens is 266 g/mol. The second-order valence-corrected chi connectivity index (χ2v) is 5.35. The third-order valence-electron chi connectivity index (χ3n) is 3.87. The molecule has 4 heteroatoms. The van der Waals surface area contributed by atoms with E-state index in [0.29, 0.717) is 6.04 Å². The molecule has 3 rings (SSSR count). The topological polar surface area (TPSA) is 38.8 Å². The summed E-state index contributed by atoms with van der Waals surface area (Å²) in [6.07, 6.45) is 9.44. The van der Waals surface area contributed by atoms with Crippen LogP contribution in [-0.4, -0.2) is 30.2 Å². The van der Waals surface area contributed by atoms with E-state index >= 15 is 0 Å². The predicted molar refractivity (Wildman–Crippen MR) is 81.1 cm³/mol. The first kappa shape index (κ1) is 13.7. The Morgan fingerprint density at radius 1 is 1.29 bits per heavy atom. The van der Waals surface area contributed by atoms with E-state index in [1.165, 1.54) is 0 Å². The minimum Gasteiger partial charge on any atom is -0.454 e. The van der Waals surface area contributed by atoms with Gasteiger partial charge >= 0.3 is 0 Å². The molecule has 21 heavy (non-hydrogen) atoms. The lowest BCUT2D eigenvalue weighted by Gasteiger charge is -2.19. The van der Waals surface area contributed by atoms with Gasteiger partial charge in [-0.2, -0.15) is 0 Å². The van der Waals surface area contributed by atoms with Crippen molar-refractivity contribution in [2.24, 2.45) is 0 Å². The van der Waals surface area contributed by atoms with Crippen molar-refractivity contribution in [2.45, 2.75) is 25.8 Å². The Morgan fingerprint density at radius 3 is 2.95 bits per heavy atom. The average molecular weight is 285 g/mol. The Balaban J connectivity index is 1.59. The van der Waals surface area contributed by atoms with E-state index in [2.05, 4.69) is 6.92 Å². The molecule has 0 bridgehead atoms. The maximum absolute atomic E-state index is 12.0. The number of benzene rings is 1. The minimum atomic E-state index is 0.0929. The normalized spacial score (nSPS) is 20.8. The lowest BCUT2D eigenvalue weighted by atomic mass is 10.2. The van der Waals surface area contributed by atoms with Crippen LogP contribution in [-0.2, 0) is 4.79 Å². The quantitative estimate of drug-likeness (QED) is 0.633. The first-order valence-corrected chi connectivity index (χ1v) is 7.29. The number of hydrogen-bond donors (Lipinski definition) is 0. The van der Waals surface area contributed by atoms with Gasteiger partial charge in [0.15, 0.2) is 11.5 Å². The van der Waals surface area contributed by atoms with Crippen molar-refractivity contribution in [3.8, 4) is 11.5 Å². The van der Waals surface area contributed by atoms with Gasteiger partial charge in [-0.1, -0.05) is 24.3 Å². The maximum atomic E-state index is 12.0. The Bertz CT molecular complexity index is 592. The summed E-state index contributed by atoms with van der Waals surface area (Å²) in [5.41, 5.74) is 1.02. The highest BCUT2D eigenvalue weighted by Crippen LogP contribution is 2.32. The molecule has 1 atom stereocenters. The Labute approximate surface area is 124 Å². The number of amides is 1. The smallest absolute Gasteiger partial charge is 0.246 e. The molecular formula is C17H19NO3. The van der Waals surface area contributed by atoms with Gasteiger partial charge in [-0.05, 0) is 37.5 Å². The van der Waals surface area contributed by atoms with E-state index in [1.807, 2.05) is 35.3 Å². The van der Waals surface area contributed by atoms with Gasteiger partial charge in [0, 0.05) is 18.7 Å². The molecule has 1 aromatic carbocycles. The summed E-state index contributed by atoms with van der Waals surface area (Å²) in [7, 11) is 0. The molecule has 0 radical (unpaired) electrons. The van der Waals surface area contributed by atoms with Crippen molar-refractivity contribution < 1.29 is 14.3 Å². The molecule has 4 nitrogen and oxygen atoms in total. The molecule has 1 aromatic rings. The fourth-order valence-corrected chi connectivity index (χ4v) is 2.68. The van der Waals surface area contributed by atoms with Crippen LogP contribution in [0.4, 0.5) is 0 Å². The molecule has 0 unspecified atom stereocenters.